The van der Waals surface area contributed by atoms with Crippen LogP contribution in [-0.2, 0) is 6.54 Å². The van der Waals surface area contributed by atoms with Gasteiger partial charge in [0.1, 0.15) is 5.82 Å². The minimum absolute atomic E-state index is 0.0571. The number of fused-ring (bicyclic) bond motifs is 1. The zero-order chi connectivity index (χ0) is 18.8. The summed E-state index contributed by atoms with van der Waals surface area (Å²) in [4.78, 5) is 33.5. The summed E-state index contributed by atoms with van der Waals surface area (Å²) in [7, 11) is 0. The maximum atomic E-state index is 12.7. The van der Waals surface area contributed by atoms with Gasteiger partial charge in [-0.3, -0.25) is 9.59 Å². The first kappa shape index (κ1) is 18.2. The molecule has 1 aromatic heterocycles. The number of Topliss-reactive ketones (excluding diaryl/α,β-unsaturated/α-hetero) is 1. The van der Waals surface area contributed by atoms with Gasteiger partial charge in [-0.25, -0.2) is 13.8 Å². The molecule has 1 aromatic carbocycles. The number of nitrogens with one attached hydrogen (secondary N) is 1. The Balaban J connectivity index is 1.98. The summed E-state index contributed by atoms with van der Waals surface area (Å²) < 4.78 is 25.4. The molecule has 136 valence electrons. The van der Waals surface area contributed by atoms with Gasteiger partial charge in [0.25, 0.3) is 12.3 Å². The zero-order valence-electron chi connectivity index (χ0n) is 13.8. The van der Waals surface area contributed by atoms with Crippen molar-refractivity contribution >= 4 is 34.8 Å². The predicted octanol–water partition coefficient (Wildman–Crippen LogP) is 3.69. The highest BCUT2D eigenvalue weighted by molar-refractivity contribution is 6.28. The molecule has 9 heteroatoms. The first-order chi connectivity index (χ1) is 12.4. The van der Waals surface area contributed by atoms with Crippen LogP contribution in [0.15, 0.2) is 24.4 Å². The summed E-state index contributed by atoms with van der Waals surface area (Å²) in [6.07, 6.45) is -1.05. The lowest BCUT2D eigenvalue weighted by Crippen LogP contribution is -2.29. The molecule has 0 saturated carbocycles. The molecular weight excluding hydrogens is 366 g/mol. The number of hydrogen-bond acceptors (Lipinski definition) is 5. The maximum absolute atomic E-state index is 12.7. The van der Waals surface area contributed by atoms with Gasteiger partial charge in [-0.15, -0.1) is 0 Å². The molecule has 0 aliphatic carbocycles. The molecule has 0 saturated heterocycles. The van der Waals surface area contributed by atoms with E-state index in [-0.39, 0.29) is 41.0 Å². The third-order valence-corrected chi connectivity index (χ3v) is 4.19. The van der Waals surface area contributed by atoms with E-state index in [9.17, 15) is 18.4 Å². The number of amides is 1. The minimum Gasteiger partial charge on any atom is -0.339 e. The fourth-order valence-corrected chi connectivity index (χ4v) is 2.95. The van der Waals surface area contributed by atoms with Crippen LogP contribution in [0.4, 0.5) is 20.3 Å². The number of halogens is 3. The zero-order valence-corrected chi connectivity index (χ0v) is 14.6. The lowest BCUT2D eigenvalue weighted by Gasteiger charge is -2.15. The second-order valence-electron chi connectivity index (χ2n) is 5.72. The fourth-order valence-electron chi connectivity index (χ4n) is 2.82. The smallest absolute Gasteiger partial charge is 0.256 e. The molecule has 0 fully saturated rings. The number of aromatic nitrogens is 2. The van der Waals surface area contributed by atoms with Crippen molar-refractivity contribution < 1.29 is 18.4 Å². The Morgan fingerprint density at radius 2 is 2.19 bits per heavy atom. The molecule has 6 nitrogen and oxygen atoms in total. The van der Waals surface area contributed by atoms with Crippen LogP contribution in [0.3, 0.4) is 0 Å². The summed E-state index contributed by atoms with van der Waals surface area (Å²) in [5, 5.41) is 2.88. The van der Waals surface area contributed by atoms with Gasteiger partial charge < -0.3 is 10.2 Å². The van der Waals surface area contributed by atoms with Crippen molar-refractivity contribution in [1.82, 2.24) is 14.9 Å². The monoisotopic (exact) mass is 380 g/mol. The van der Waals surface area contributed by atoms with E-state index >= 15 is 0 Å². The molecule has 0 atom stereocenters. The molecule has 3 rings (SSSR count). The highest BCUT2D eigenvalue weighted by Crippen LogP contribution is 2.32. The van der Waals surface area contributed by atoms with Crippen molar-refractivity contribution in [3.8, 4) is 0 Å². The molecule has 0 radical (unpaired) electrons. The topological polar surface area (TPSA) is 75.2 Å². The molecule has 1 amide bonds. The summed E-state index contributed by atoms with van der Waals surface area (Å²) in [6.45, 7) is 1.18. The van der Waals surface area contributed by atoms with Crippen molar-refractivity contribution in [2.24, 2.45) is 0 Å². The van der Waals surface area contributed by atoms with E-state index in [1.165, 1.54) is 6.20 Å². The lowest BCUT2D eigenvalue weighted by molar-refractivity contribution is 0.0578. The van der Waals surface area contributed by atoms with Crippen molar-refractivity contribution in [3.63, 3.8) is 0 Å². The third-order valence-electron chi connectivity index (χ3n) is 4.01. The first-order valence-electron chi connectivity index (χ1n) is 7.92. The highest BCUT2D eigenvalue weighted by atomic mass is 35.5. The van der Waals surface area contributed by atoms with E-state index in [1.54, 1.807) is 25.1 Å². The van der Waals surface area contributed by atoms with Gasteiger partial charge in [0, 0.05) is 19.2 Å². The average molecular weight is 381 g/mol. The largest absolute Gasteiger partial charge is 0.339 e. The van der Waals surface area contributed by atoms with E-state index in [2.05, 4.69) is 15.3 Å². The van der Waals surface area contributed by atoms with Crippen molar-refractivity contribution in [1.29, 1.82) is 0 Å². The summed E-state index contributed by atoms with van der Waals surface area (Å²) in [5.74, 6) is -0.514. The molecule has 1 N–H and O–H groups in total. The first-order valence-corrected chi connectivity index (χ1v) is 8.30. The van der Waals surface area contributed by atoms with Crippen LogP contribution in [0.1, 0.15) is 39.6 Å². The van der Waals surface area contributed by atoms with Crippen molar-refractivity contribution in [2.45, 2.75) is 26.3 Å². The molecule has 26 heavy (non-hydrogen) atoms. The maximum Gasteiger partial charge on any atom is 0.256 e. The van der Waals surface area contributed by atoms with Crippen LogP contribution in [0.5, 0.6) is 0 Å². The van der Waals surface area contributed by atoms with E-state index < -0.39 is 18.9 Å². The van der Waals surface area contributed by atoms with Crippen LogP contribution in [0.2, 0.25) is 5.28 Å². The van der Waals surface area contributed by atoms with Crippen LogP contribution in [0, 0.1) is 0 Å². The van der Waals surface area contributed by atoms with Gasteiger partial charge in [0.2, 0.25) is 5.28 Å². The summed E-state index contributed by atoms with van der Waals surface area (Å²) in [5.41, 5.74) is 1.54. The molecule has 0 unspecified atom stereocenters. The Labute approximate surface area is 153 Å². The fraction of sp³-hybridized carbons (Fsp3) is 0.294. The number of anilines is 2. The van der Waals surface area contributed by atoms with E-state index in [0.717, 1.165) is 4.90 Å². The number of hydrogen-bond donors (Lipinski definition) is 1. The minimum atomic E-state index is -2.61. The van der Waals surface area contributed by atoms with E-state index in [4.69, 9.17) is 11.6 Å². The third kappa shape index (κ3) is 3.50. The molecule has 1 aliphatic rings. The molecule has 0 spiro atoms. The van der Waals surface area contributed by atoms with Gasteiger partial charge in [-0.1, -0.05) is 19.1 Å². The number of alkyl halides is 2. The van der Waals surface area contributed by atoms with E-state index in [0.29, 0.717) is 11.3 Å². The number of rotatable bonds is 6. The Morgan fingerprint density at radius 3 is 2.88 bits per heavy atom. The SMILES string of the molecule is CCC(=O)c1cnc(Cl)nc1Nc1cccc2c1C(=O)N(CC(F)F)C2. The summed E-state index contributed by atoms with van der Waals surface area (Å²) >= 11 is 5.83. The Morgan fingerprint density at radius 1 is 1.42 bits per heavy atom. The number of benzene rings is 1. The average Bonchev–Trinajstić information content (AvgIpc) is 2.90. The number of ketones is 1. The standard InChI is InChI=1S/C17H15ClF2N4O2/c1-2-12(25)10-6-21-17(18)23-15(10)22-11-5-3-4-9-7-24(8-13(19)20)16(26)14(9)11/h3-6,13H,2,7-8H2,1H3,(H,21,22,23). The van der Waals surface area contributed by atoms with E-state index in [1.807, 2.05) is 0 Å². The second-order valence-corrected chi connectivity index (χ2v) is 6.06. The van der Waals surface area contributed by atoms with Gasteiger partial charge in [0.05, 0.1) is 23.4 Å². The van der Waals surface area contributed by atoms with Crippen LogP contribution in [-0.4, -0.2) is 39.5 Å². The predicted molar refractivity (Wildman–Crippen MR) is 92.1 cm³/mol. The van der Waals surface area contributed by atoms with Crippen LogP contribution >= 0.6 is 11.6 Å². The van der Waals surface area contributed by atoms with Gasteiger partial charge in [0.15, 0.2) is 5.78 Å². The lowest BCUT2D eigenvalue weighted by atomic mass is 10.1. The quantitative estimate of drug-likeness (QED) is 0.611. The molecule has 2 heterocycles. The second kappa shape index (κ2) is 7.33. The Hall–Kier alpha value is -2.61. The number of carbonyl (C=O) groups is 2. The van der Waals surface area contributed by atoms with Crippen molar-refractivity contribution in [3.05, 3.63) is 46.4 Å². The molecule has 0 bridgehead atoms. The van der Waals surface area contributed by atoms with Crippen LogP contribution in [0.25, 0.3) is 0 Å². The Bertz CT molecular complexity index is 876. The molecular formula is C17H15ClF2N4O2. The van der Waals surface area contributed by atoms with Crippen molar-refractivity contribution in [2.75, 3.05) is 11.9 Å². The molecule has 1 aliphatic heterocycles. The number of nitrogens with zero attached hydrogens (tertiary/aromatic N) is 3. The van der Waals surface area contributed by atoms with Gasteiger partial charge >= 0.3 is 0 Å². The molecule has 2 aromatic rings. The van der Waals surface area contributed by atoms with Gasteiger partial charge in [-0.05, 0) is 23.2 Å². The summed E-state index contributed by atoms with van der Waals surface area (Å²) in [6, 6.07) is 5.03. The Kier molecular flexibility index (Phi) is 5.13. The van der Waals surface area contributed by atoms with Crippen LogP contribution < -0.4 is 5.32 Å². The highest BCUT2D eigenvalue weighted by Gasteiger charge is 2.31. The van der Waals surface area contributed by atoms with Gasteiger partial charge in [-0.2, -0.15) is 4.98 Å². The normalized spacial score (nSPS) is 13.3. The number of carbonyl (C=O) groups excluding carboxylic acids is 2.